The largest absolute Gasteiger partial charge is 0.418 e. The fourth-order valence-corrected chi connectivity index (χ4v) is 2.75. The maximum atomic E-state index is 13.5. The van der Waals surface area contributed by atoms with E-state index in [-0.39, 0.29) is 22.5 Å². The molecule has 2 aromatic rings. The van der Waals surface area contributed by atoms with Gasteiger partial charge in [-0.25, -0.2) is 4.98 Å². The van der Waals surface area contributed by atoms with E-state index in [4.69, 9.17) is 0 Å². The van der Waals surface area contributed by atoms with Gasteiger partial charge in [0, 0.05) is 26.2 Å². The molecule has 1 N–H and O–H groups in total. The van der Waals surface area contributed by atoms with Gasteiger partial charge in [-0.05, 0) is 26.1 Å². The molecule has 1 aromatic carbocycles. The molecular weight excluding hydrogens is 309 g/mol. The highest BCUT2D eigenvalue weighted by atomic mass is 19.4. The van der Waals surface area contributed by atoms with Gasteiger partial charge >= 0.3 is 6.18 Å². The van der Waals surface area contributed by atoms with E-state index in [0.717, 1.165) is 6.07 Å². The Labute approximate surface area is 130 Å². The minimum Gasteiger partial charge on any atom is -0.368 e. The van der Waals surface area contributed by atoms with E-state index in [1.165, 1.54) is 13.0 Å². The summed E-state index contributed by atoms with van der Waals surface area (Å²) in [4.78, 5) is 22.0. The number of anilines is 1. The molecular formula is C15H17F3N4O. The summed E-state index contributed by atoms with van der Waals surface area (Å²) in [6.07, 6.45) is -4.47. The van der Waals surface area contributed by atoms with Gasteiger partial charge in [0.05, 0.1) is 22.3 Å². The number of aromatic amines is 1. The van der Waals surface area contributed by atoms with Crippen LogP contribution in [0.5, 0.6) is 0 Å². The number of hydrogen-bond acceptors (Lipinski definition) is 4. The standard InChI is InChI=1S/C15H17F3N4O/c1-9-14(23)20-12-8-13(22-5-3-21(2)4-6-22)10(15(16,17)18)7-11(12)19-9/h7-8H,3-6H2,1-2H3,(H,20,23). The van der Waals surface area contributed by atoms with E-state index >= 15 is 0 Å². The fourth-order valence-electron chi connectivity index (χ4n) is 2.75. The Balaban J connectivity index is 2.17. The molecule has 1 saturated heterocycles. The predicted molar refractivity (Wildman–Crippen MR) is 81.8 cm³/mol. The van der Waals surface area contributed by atoms with Gasteiger partial charge in [-0.2, -0.15) is 13.2 Å². The van der Waals surface area contributed by atoms with Crippen LogP contribution in [0.4, 0.5) is 18.9 Å². The van der Waals surface area contributed by atoms with Gasteiger partial charge < -0.3 is 14.8 Å². The third-order valence-electron chi connectivity index (χ3n) is 4.13. The third-order valence-corrected chi connectivity index (χ3v) is 4.13. The Morgan fingerprint density at radius 2 is 1.83 bits per heavy atom. The summed E-state index contributed by atoms with van der Waals surface area (Å²) < 4.78 is 40.4. The molecule has 0 amide bonds. The Bertz CT molecular complexity index is 792. The van der Waals surface area contributed by atoms with Crippen LogP contribution in [0.2, 0.25) is 0 Å². The lowest BCUT2D eigenvalue weighted by atomic mass is 10.1. The molecule has 23 heavy (non-hydrogen) atoms. The molecule has 0 aliphatic carbocycles. The summed E-state index contributed by atoms with van der Waals surface area (Å²) >= 11 is 0. The van der Waals surface area contributed by atoms with E-state index < -0.39 is 11.7 Å². The highest BCUT2D eigenvalue weighted by Gasteiger charge is 2.36. The second kappa shape index (κ2) is 5.52. The van der Waals surface area contributed by atoms with Gasteiger partial charge in [0.1, 0.15) is 5.69 Å². The summed E-state index contributed by atoms with van der Waals surface area (Å²) in [7, 11) is 1.94. The Morgan fingerprint density at radius 3 is 2.43 bits per heavy atom. The first kappa shape index (κ1) is 15.8. The van der Waals surface area contributed by atoms with Crippen LogP contribution in [-0.2, 0) is 6.18 Å². The van der Waals surface area contributed by atoms with Crippen molar-refractivity contribution in [2.75, 3.05) is 38.1 Å². The monoisotopic (exact) mass is 326 g/mol. The van der Waals surface area contributed by atoms with E-state index in [0.29, 0.717) is 31.7 Å². The predicted octanol–water partition coefficient (Wildman–Crippen LogP) is 2.00. The topological polar surface area (TPSA) is 52.2 Å². The van der Waals surface area contributed by atoms with E-state index in [2.05, 4.69) is 14.9 Å². The summed E-state index contributed by atoms with van der Waals surface area (Å²) in [5, 5.41) is 0. The minimum absolute atomic E-state index is 0.0967. The molecule has 1 aromatic heterocycles. The zero-order valence-corrected chi connectivity index (χ0v) is 12.9. The number of piperazine rings is 1. The Kier molecular flexibility index (Phi) is 3.79. The summed E-state index contributed by atoms with van der Waals surface area (Å²) in [5.74, 6) is 0. The maximum Gasteiger partial charge on any atom is 0.418 e. The molecule has 0 radical (unpaired) electrons. The highest BCUT2D eigenvalue weighted by molar-refractivity contribution is 5.81. The molecule has 124 valence electrons. The van der Waals surface area contributed by atoms with E-state index in [1.807, 2.05) is 7.05 Å². The number of likely N-dealkylation sites (N-methyl/N-ethyl adjacent to an activating group) is 1. The van der Waals surface area contributed by atoms with Crippen LogP contribution in [0.25, 0.3) is 11.0 Å². The summed E-state index contributed by atoms with van der Waals surface area (Å²) in [6, 6.07) is 2.41. The van der Waals surface area contributed by atoms with Gasteiger partial charge in [0.15, 0.2) is 0 Å². The van der Waals surface area contributed by atoms with Crippen molar-refractivity contribution in [3.8, 4) is 0 Å². The molecule has 8 heteroatoms. The number of H-pyrrole nitrogens is 1. The fraction of sp³-hybridized carbons (Fsp3) is 0.467. The van der Waals surface area contributed by atoms with Crippen LogP contribution in [0, 0.1) is 6.92 Å². The second-order valence-corrected chi connectivity index (χ2v) is 5.83. The first-order valence-electron chi connectivity index (χ1n) is 7.31. The van der Waals surface area contributed by atoms with E-state index in [1.54, 1.807) is 4.90 Å². The molecule has 0 saturated carbocycles. The number of fused-ring (bicyclic) bond motifs is 1. The lowest BCUT2D eigenvalue weighted by molar-refractivity contribution is -0.137. The van der Waals surface area contributed by atoms with Gasteiger partial charge in [0.25, 0.3) is 5.56 Å². The van der Waals surface area contributed by atoms with Crippen molar-refractivity contribution >= 4 is 16.7 Å². The molecule has 3 rings (SSSR count). The second-order valence-electron chi connectivity index (χ2n) is 5.83. The van der Waals surface area contributed by atoms with Crippen molar-refractivity contribution in [3.05, 3.63) is 33.7 Å². The van der Waals surface area contributed by atoms with Crippen molar-refractivity contribution in [2.45, 2.75) is 13.1 Å². The smallest absolute Gasteiger partial charge is 0.368 e. The first-order chi connectivity index (χ1) is 10.8. The molecule has 1 fully saturated rings. The molecule has 5 nitrogen and oxygen atoms in total. The van der Waals surface area contributed by atoms with Crippen LogP contribution in [0.3, 0.4) is 0 Å². The molecule has 1 aliphatic rings. The number of nitrogens with zero attached hydrogens (tertiary/aromatic N) is 3. The average Bonchev–Trinajstić information content (AvgIpc) is 2.47. The van der Waals surface area contributed by atoms with Gasteiger partial charge in [-0.3, -0.25) is 4.79 Å². The summed E-state index contributed by atoms with van der Waals surface area (Å²) in [6.45, 7) is 3.87. The number of hydrogen-bond donors (Lipinski definition) is 1. The van der Waals surface area contributed by atoms with Crippen LogP contribution in [0.1, 0.15) is 11.3 Å². The van der Waals surface area contributed by atoms with Crippen LogP contribution in [-0.4, -0.2) is 48.1 Å². The quantitative estimate of drug-likeness (QED) is 0.871. The van der Waals surface area contributed by atoms with Crippen LogP contribution >= 0.6 is 0 Å². The van der Waals surface area contributed by atoms with E-state index in [9.17, 15) is 18.0 Å². The number of aryl methyl sites for hydroxylation is 1. The molecule has 0 bridgehead atoms. The Hall–Kier alpha value is -2.09. The first-order valence-corrected chi connectivity index (χ1v) is 7.31. The number of alkyl halides is 3. The van der Waals surface area contributed by atoms with Crippen molar-refractivity contribution in [1.82, 2.24) is 14.9 Å². The van der Waals surface area contributed by atoms with Crippen molar-refractivity contribution in [2.24, 2.45) is 0 Å². The molecule has 2 heterocycles. The van der Waals surface area contributed by atoms with Gasteiger partial charge in [-0.1, -0.05) is 0 Å². The zero-order valence-electron chi connectivity index (χ0n) is 12.9. The third kappa shape index (κ3) is 3.03. The lowest BCUT2D eigenvalue weighted by Crippen LogP contribution is -2.45. The summed E-state index contributed by atoms with van der Waals surface area (Å²) in [5.41, 5.74) is -0.387. The van der Waals surface area contributed by atoms with Crippen LogP contribution < -0.4 is 10.5 Å². The van der Waals surface area contributed by atoms with Gasteiger partial charge in [0.2, 0.25) is 0 Å². The van der Waals surface area contributed by atoms with Crippen molar-refractivity contribution < 1.29 is 13.2 Å². The number of benzene rings is 1. The average molecular weight is 326 g/mol. The lowest BCUT2D eigenvalue weighted by Gasteiger charge is -2.35. The van der Waals surface area contributed by atoms with Crippen molar-refractivity contribution in [3.63, 3.8) is 0 Å². The Morgan fingerprint density at radius 1 is 1.17 bits per heavy atom. The molecule has 0 atom stereocenters. The number of rotatable bonds is 1. The highest BCUT2D eigenvalue weighted by Crippen LogP contribution is 2.38. The molecule has 0 spiro atoms. The number of aromatic nitrogens is 2. The normalized spacial score (nSPS) is 17.0. The SMILES string of the molecule is Cc1nc2cc(C(F)(F)F)c(N3CCN(C)CC3)cc2[nH]c1=O. The zero-order chi connectivity index (χ0) is 16.8. The maximum absolute atomic E-state index is 13.5. The number of halogens is 3. The van der Waals surface area contributed by atoms with Crippen LogP contribution in [0.15, 0.2) is 16.9 Å². The van der Waals surface area contributed by atoms with Crippen molar-refractivity contribution in [1.29, 1.82) is 0 Å². The minimum atomic E-state index is -4.47. The van der Waals surface area contributed by atoms with Gasteiger partial charge in [-0.15, -0.1) is 0 Å². The molecule has 1 aliphatic heterocycles. The molecule has 0 unspecified atom stereocenters. The number of nitrogens with one attached hydrogen (secondary N) is 1.